The number of ether oxygens (including phenoxy) is 1. The molecule has 44 heavy (non-hydrogen) atoms. The van der Waals surface area contributed by atoms with Gasteiger partial charge in [0.15, 0.2) is 5.82 Å². The van der Waals surface area contributed by atoms with E-state index in [-0.39, 0.29) is 29.2 Å². The van der Waals surface area contributed by atoms with Crippen LogP contribution in [0.5, 0.6) is 6.01 Å². The van der Waals surface area contributed by atoms with Crippen LogP contribution in [0, 0.1) is 11.6 Å². The minimum Gasteiger partial charge on any atom is -0.463 e. The third-order valence-electron chi connectivity index (χ3n) is 8.83. The maximum absolute atomic E-state index is 16.4. The van der Waals surface area contributed by atoms with Crippen molar-refractivity contribution in [3.8, 4) is 17.3 Å². The van der Waals surface area contributed by atoms with E-state index in [9.17, 15) is 9.18 Å². The van der Waals surface area contributed by atoms with E-state index in [1.807, 2.05) is 11.9 Å². The third-order valence-corrected chi connectivity index (χ3v) is 8.83. The summed E-state index contributed by atoms with van der Waals surface area (Å²) in [6, 6.07) is 10.0. The van der Waals surface area contributed by atoms with Crippen LogP contribution in [-0.4, -0.2) is 83.1 Å². The zero-order valence-corrected chi connectivity index (χ0v) is 25.1. The van der Waals surface area contributed by atoms with Gasteiger partial charge in [0.2, 0.25) is 5.91 Å². The second kappa shape index (κ2) is 13.2. The van der Waals surface area contributed by atoms with Crippen molar-refractivity contribution in [3.63, 3.8) is 0 Å². The number of hydrogen-bond donors (Lipinski definition) is 0. The monoisotopic (exact) mass is 600 g/mol. The van der Waals surface area contributed by atoms with Crippen molar-refractivity contribution in [1.29, 1.82) is 0 Å². The lowest BCUT2D eigenvalue weighted by Crippen LogP contribution is -2.36. The Morgan fingerprint density at radius 3 is 2.68 bits per heavy atom. The zero-order chi connectivity index (χ0) is 30.6. The molecule has 10 heteroatoms. The van der Waals surface area contributed by atoms with Crippen molar-refractivity contribution in [2.24, 2.45) is 0 Å². The number of nitrogens with zero attached hydrogens (tertiary/aromatic N) is 6. The van der Waals surface area contributed by atoms with E-state index in [1.165, 1.54) is 38.1 Å². The highest BCUT2D eigenvalue weighted by Gasteiger charge is 2.30. The van der Waals surface area contributed by atoms with Gasteiger partial charge in [-0.25, -0.2) is 8.78 Å². The number of fused-ring (bicyclic) bond motifs is 2. The lowest BCUT2D eigenvalue weighted by atomic mass is 10.0. The average molecular weight is 601 g/mol. The summed E-state index contributed by atoms with van der Waals surface area (Å²) in [7, 11) is 1.88. The Kier molecular flexibility index (Phi) is 8.97. The first kappa shape index (κ1) is 29.9. The van der Waals surface area contributed by atoms with Crippen molar-refractivity contribution in [2.75, 3.05) is 51.3 Å². The summed E-state index contributed by atoms with van der Waals surface area (Å²) >= 11 is 0. The van der Waals surface area contributed by atoms with Crippen LogP contribution in [-0.2, 0) is 4.79 Å². The molecular weight excluding hydrogens is 562 g/mol. The number of hydrogen-bond acceptors (Lipinski definition) is 7. The minimum absolute atomic E-state index is 0.0111. The quantitative estimate of drug-likeness (QED) is 0.155. The van der Waals surface area contributed by atoms with Crippen molar-refractivity contribution < 1.29 is 18.3 Å². The summed E-state index contributed by atoms with van der Waals surface area (Å²) in [6.45, 7) is 8.57. The van der Waals surface area contributed by atoms with E-state index in [0.717, 1.165) is 32.2 Å². The normalized spacial score (nSPS) is 17.1. The van der Waals surface area contributed by atoms with Crippen molar-refractivity contribution in [1.82, 2.24) is 24.8 Å². The van der Waals surface area contributed by atoms with Gasteiger partial charge in [-0.05, 0) is 75.7 Å². The highest BCUT2D eigenvalue weighted by Crippen LogP contribution is 2.36. The number of unbranched alkanes of at least 4 members (excludes halogenated alkanes) is 2. The third kappa shape index (κ3) is 6.08. The Morgan fingerprint density at radius 2 is 1.89 bits per heavy atom. The number of halogens is 2. The first-order valence-corrected chi connectivity index (χ1v) is 15.5. The van der Waals surface area contributed by atoms with Crippen LogP contribution in [0.4, 0.5) is 14.6 Å². The molecule has 2 saturated heterocycles. The fourth-order valence-corrected chi connectivity index (χ4v) is 6.38. The van der Waals surface area contributed by atoms with Gasteiger partial charge in [0.25, 0.3) is 0 Å². The maximum atomic E-state index is 16.4. The Labute approximate surface area is 256 Å². The molecule has 2 fully saturated rings. The summed E-state index contributed by atoms with van der Waals surface area (Å²) in [5.41, 5.74) is 0.418. The molecule has 0 radical (unpaired) electrons. The fraction of sp³-hybridized carbons (Fsp3) is 0.412. The number of carbonyl (C=O) groups excluding carboxylic acids is 1. The van der Waals surface area contributed by atoms with Crippen LogP contribution in [0.15, 0.2) is 55.3 Å². The zero-order valence-electron chi connectivity index (χ0n) is 25.1. The molecule has 0 unspecified atom stereocenters. The lowest BCUT2D eigenvalue weighted by Gasteiger charge is -2.27. The molecule has 1 atom stereocenters. The van der Waals surface area contributed by atoms with Gasteiger partial charge in [-0.3, -0.25) is 9.78 Å². The largest absolute Gasteiger partial charge is 0.463 e. The SMILES string of the molecule is C=CC(=O)N1CC[C@@H](N(C)c2nc(OCCCCCN3CCCC3)nc3c(F)c(-c4cccc5cccc(F)c45)ncc23)C1. The molecule has 4 aromatic rings. The molecule has 0 bridgehead atoms. The van der Waals surface area contributed by atoms with Gasteiger partial charge in [-0.2, -0.15) is 9.97 Å². The molecule has 2 aliphatic heterocycles. The molecule has 4 heterocycles. The first-order valence-electron chi connectivity index (χ1n) is 15.5. The smallest absolute Gasteiger partial charge is 0.319 e. The number of amides is 1. The Hall–Kier alpha value is -4.18. The van der Waals surface area contributed by atoms with Crippen molar-refractivity contribution >= 4 is 33.4 Å². The molecule has 8 nitrogen and oxygen atoms in total. The van der Waals surface area contributed by atoms with Crippen LogP contribution in [0.1, 0.15) is 38.5 Å². The van der Waals surface area contributed by atoms with Crippen LogP contribution in [0.2, 0.25) is 0 Å². The van der Waals surface area contributed by atoms with E-state index in [4.69, 9.17) is 9.72 Å². The maximum Gasteiger partial charge on any atom is 0.319 e. The Balaban J connectivity index is 1.32. The van der Waals surface area contributed by atoms with Crippen LogP contribution in [0.25, 0.3) is 32.9 Å². The molecule has 2 aliphatic rings. The number of rotatable bonds is 11. The number of benzene rings is 2. The molecule has 230 valence electrons. The van der Waals surface area contributed by atoms with Gasteiger partial charge in [-0.15, -0.1) is 0 Å². The van der Waals surface area contributed by atoms with Crippen LogP contribution >= 0.6 is 0 Å². The fourth-order valence-electron chi connectivity index (χ4n) is 6.38. The molecule has 0 aliphatic carbocycles. The number of anilines is 1. The van der Waals surface area contributed by atoms with Crippen LogP contribution < -0.4 is 9.64 Å². The second-order valence-corrected chi connectivity index (χ2v) is 11.7. The molecule has 1 amide bonds. The van der Waals surface area contributed by atoms with E-state index >= 15 is 4.39 Å². The number of likely N-dealkylation sites (tertiary alicyclic amines) is 2. The van der Waals surface area contributed by atoms with Crippen molar-refractivity contribution in [3.05, 3.63) is 66.9 Å². The molecular formula is C34H38F2N6O2. The molecule has 2 aromatic carbocycles. The van der Waals surface area contributed by atoms with Crippen LogP contribution in [0.3, 0.4) is 0 Å². The number of aromatic nitrogens is 3. The molecule has 6 rings (SSSR count). The van der Waals surface area contributed by atoms with E-state index in [0.29, 0.717) is 47.2 Å². The number of pyridine rings is 1. The lowest BCUT2D eigenvalue weighted by molar-refractivity contribution is -0.125. The predicted molar refractivity (Wildman–Crippen MR) is 169 cm³/mol. The highest BCUT2D eigenvalue weighted by molar-refractivity contribution is 5.99. The number of carbonyl (C=O) groups is 1. The molecule has 0 spiro atoms. The topological polar surface area (TPSA) is 74.7 Å². The molecule has 0 saturated carbocycles. The summed E-state index contributed by atoms with van der Waals surface area (Å²) in [5.74, 6) is -0.766. The Morgan fingerprint density at radius 1 is 1.09 bits per heavy atom. The van der Waals surface area contributed by atoms with E-state index < -0.39 is 11.6 Å². The summed E-state index contributed by atoms with van der Waals surface area (Å²) in [6.07, 6.45) is 9.10. The van der Waals surface area contributed by atoms with Gasteiger partial charge >= 0.3 is 6.01 Å². The summed E-state index contributed by atoms with van der Waals surface area (Å²) in [4.78, 5) is 32.1. The average Bonchev–Trinajstić information content (AvgIpc) is 3.75. The predicted octanol–water partition coefficient (Wildman–Crippen LogP) is 5.99. The van der Waals surface area contributed by atoms with Gasteiger partial charge in [0.1, 0.15) is 22.8 Å². The second-order valence-electron chi connectivity index (χ2n) is 11.7. The molecule has 0 N–H and O–H groups in total. The highest BCUT2D eigenvalue weighted by atomic mass is 19.1. The first-order chi connectivity index (χ1) is 21.4. The summed E-state index contributed by atoms with van der Waals surface area (Å²) < 4.78 is 37.4. The summed E-state index contributed by atoms with van der Waals surface area (Å²) in [5, 5.41) is 1.37. The van der Waals surface area contributed by atoms with Gasteiger partial charge < -0.3 is 19.4 Å². The van der Waals surface area contributed by atoms with Gasteiger partial charge in [-0.1, -0.05) is 36.9 Å². The van der Waals surface area contributed by atoms with Gasteiger partial charge in [0.05, 0.1) is 12.0 Å². The Bertz CT molecular complexity index is 1670. The van der Waals surface area contributed by atoms with E-state index in [2.05, 4.69) is 21.4 Å². The number of likely N-dealkylation sites (N-methyl/N-ethyl adjacent to an activating group) is 1. The van der Waals surface area contributed by atoms with E-state index in [1.54, 1.807) is 41.4 Å². The van der Waals surface area contributed by atoms with Crippen molar-refractivity contribution in [2.45, 2.75) is 44.6 Å². The standard InChI is InChI=1S/C34H38F2N6O2/c1-3-28(43)42-19-15-24(22-42)40(2)33-26-21-37-31(25-13-9-11-23-12-10-14-27(35)29(23)25)30(36)32(26)38-34(39-33)44-20-8-4-5-16-41-17-6-7-18-41/h3,9-14,21,24H,1,4-8,15-20,22H2,2H3/t24-/m1/s1. The van der Waals surface area contributed by atoms with Gasteiger partial charge in [0, 0.05) is 43.3 Å². The minimum atomic E-state index is -0.666. The molecule has 2 aromatic heterocycles.